The van der Waals surface area contributed by atoms with Gasteiger partial charge >= 0.3 is 0 Å². The highest BCUT2D eigenvalue weighted by Crippen LogP contribution is 2.26. The summed E-state index contributed by atoms with van der Waals surface area (Å²) in [5.74, 6) is -0.979. The molecule has 1 aliphatic rings. The van der Waals surface area contributed by atoms with Crippen LogP contribution in [0.1, 0.15) is 20.7 Å². The molecule has 0 atom stereocenters. The number of anilines is 1. The van der Waals surface area contributed by atoms with E-state index in [4.69, 9.17) is 0 Å². The molecule has 0 radical (unpaired) electrons. The van der Waals surface area contributed by atoms with Crippen LogP contribution in [0.3, 0.4) is 0 Å². The van der Waals surface area contributed by atoms with E-state index in [-0.39, 0.29) is 6.54 Å². The van der Waals surface area contributed by atoms with E-state index in [9.17, 15) is 14.4 Å². The monoisotopic (exact) mass is 363 g/mol. The standard InChI is InChI=1S/C19H13N3O3S/c23-16(10-22-18(24)13-8-4-5-9-14(13)19(22)25)20-15-11-26-17(21-15)12-6-2-1-3-7-12/h1-9,11H,10H2,(H,20,23). The van der Waals surface area contributed by atoms with Crippen LogP contribution in [0.5, 0.6) is 0 Å². The van der Waals surface area contributed by atoms with Gasteiger partial charge in [0.2, 0.25) is 5.91 Å². The maximum absolute atomic E-state index is 12.3. The Hall–Kier alpha value is -3.32. The smallest absolute Gasteiger partial charge is 0.262 e. The number of aromatic nitrogens is 1. The first-order chi connectivity index (χ1) is 12.6. The summed E-state index contributed by atoms with van der Waals surface area (Å²) in [7, 11) is 0. The van der Waals surface area contributed by atoms with Crippen LogP contribution in [0.2, 0.25) is 0 Å². The molecule has 0 fully saturated rings. The summed E-state index contributed by atoms with van der Waals surface area (Å²) in [6.45, 7) is -0.343. The molecule has 1 N–H and O–H groups in total. The second kappa shape index (κ2) is 6.53. The molecule has 4 rings (SSSR count). The average Bonchev–Trinajstić information content (AvgIpc) is 3.22. The van der Waals surface area contributed by atoms with Crippen molar-refractivity contribution in [1.82, 2.24) is 9.88 Å². The van der Waals surface area contributed by atoms with Gasteiger partial charge in [-0.1, -0.05) is 42.5 Å². The summed E-state index contributed by atoms with van der Waals surface area (Å²) >= 11 is 1.40. The second-order valence-electron chi connectivity index (χ2n) is 5.69. The number of carbonyl (C=O) groups excluding carboxylic acids is 3. The van der Waals surface area contributed by atoms with E-state index >= 15 is 0 Å². The van der Waals surface area contributed by atoms with Gasteiger partial charge in [0.15, 0.2) is 0 Å². The molecule has 0 saturated carbocycles. The van der Waals surface area contributed by atoms with E-state index in [1.54, 1.807) is 29.6 Å². The molecule has 1 aromatic heterocycles. The normalized spacial score (nSPS) is 13.0. The summed E-state index contributed by atoms with van der Waals surface area (Å²) in [4.78, 5) is 42.2. The quantitative estimate of drug-likeness (QED) is 0.723. The first kappa shape index (κ1) is 16.2. The van der Waals surface area contributed by atoms with E-state index in [1.165, 1.54) is 11.3 Å². The summed E-state index contributed by atoms with van der Waals surface area (Å²) < 4.78 is 0. The Labute approximate surface area is 153 Å². The van der Waals surface area contributed by atoms with Crippen molar-refractivity contribution in [2.24, 2.45) is 0 Å². The van der Waals surface area contributed by atoms with Crippen molar-refractivity contribution in [1.29, 1.82) is 0 Å². The first-order valence-electron chi connectivity index (χ1n) is 7.89. The zero-order valence-corrected chi connectivity index (χ0v) is 14.3. The maximum Gasteiger partial charge on any atom is 0.262 e. The van der Waals surface area contributed by atoms with Gasteiger partial charge in [0.25, 0.3) is 11.8 Å². The lowest BCUT2D eigenvalue weighted by Gasteiger charge is -2.12. The highest BCUT2D eigenvalue weighted by Gasteiger charge is 2.36. The van der Waals surface area contributed by atoms with Crippen molar-refractivity contribution < 1.29 is 14.4 Å². The number of nitrogens with one attached hydrogen (secondary N) is 1. The van der Waals surface area contributed by atoms with Crippen molar-refractivity contribution >= 4 is 34.9 Å². The minimum absolute atomic E-state index is 0.324. The van der Waals surface area contributed by atoms with Crippen molar-refractivity contribution in [3.05, 3.63) is 71.1 Å². The van der Waals surface area contributed by atoms with Crippen molar-refractivity contribution in [3.8, 4) is 10.6 Å². The van der Waals surface area contributed by atoms with Gasteiger partial charge < -0.3 is 5.32 Å². The Morgan fingerprint density at radius 1 is 0.962 bits per heavy atom. The van der Waals surface area contributed by atoms with Gasteiger partial charge in [-0.3, -0.25) is 19.3 Å². The largest absolute Gasteiger partial charge is 0.308 e. The molecular formula is C19H13N3O3S. The molecule has 0 aliphatic carbocycles. The molecule has 128 valence electrons. The first-order valence-corrected chi connectivity index (χ1v) is 8.77. The van der Waals surface area contributed by atoms with Crippen LogP contribution in [0.15, 0.2) is 60.0 Å². The molecule has 0 bridgehead atoms. The minimum atomic E-state index is -0.468. The van der Waals surface area contributed by atoms with Gasteiger partial charge in [0.1, 0.15) is 17.4 Å². The Morgan fingerprint density at radius 2 is 1.58 bits per heavy atom. The van der Waals surface area contributed by atoms with E-state index in [1.807, 2.05) is 30.3 Å². The van der Waals surface area contributed by atoms with E-state index in [0.29, 0.717) is 16.9 Å². The predicted octanol–water partition coefficient (Wildman–Crippen LogP) is 3.04. The third kappa shape index (κ3) is 2.89. The Kier molecular flexibility index (Phi) is 4.06. The van der Waals surface area contributed by atoms with Crippen LogP contribution in [-0.2, 0) is 4.79 Å². The Bertz CT molecular complexity index is 979. The number of benzene rings is 2. The van der Waals surface area contributed by atoms with Gasteiger partial charge in [0, 0.05) is 10.9 Å². The minimum Gasteiger partial charge on any atom is -0.308 e. The zero-order chi connectivity index (χ0) is 18.1. The SMILES string of the molecule is O=C(CN1C(=O)c2ccccc2C1=O)Nc1csc(-c2ccccc2)n1. The predicted molar refractivity (Wildman–Crippen MR) is 98.0 cm³/mol. The third-order valence-corrected chi connectivity index (χ3v) is 4.86. The molecule has 0 spiro atoms. The fourth-order valence-corrected chi connectivity index (χ4v) is 3.51. The van der Waals surface area contributed by atoms with Crippen LogP contribution >= 0.6 is 11.3 Å². The van der Waals surface area contributed by atoms with Crippen molar-refractivity contribution in [3.63, 3.8) is 0 Å². The maximum atomic E-state index is 12.3. The molecule has 26 heavy (non-hydrogen) atoms. The number of amides is 3. The Morgan fingerprint density at radius 3 is 2.23 bits per heavy atom. The van der Waals surface area contributed by atoms with Crippen molar-refractivity contribution in [2.75, 3.05) is 11.9 Å². The molecule has 0 saturated heterocycles. The van der Waals surface area contributed by atoms with Crippen LogP contribution < -0.4 is 5.32 Å². The number of hydrogen-bond donors (Lipinski definition) is 1. The topological polar surface area (TPSA) is 79.4 Å². The summed E-state index contributed by atoms with van der Waals surface area (Å²) in [6.07, 6.45) is 0. The molecule has 7 heteroatoms. The van der Waals surface area contributed by atoms with Crippen LogP contribution in [0, 0.1) is 0 Å². The van der Waals surface area contributed by atoms with Gasteiger partial charge in [-0.2, -0.15) is 0 Å². The lowest BCUT2D eigenvalue weighted by Crippen LogP contribution is -2.37. The zero-order valence-electron chi connectivity index (χ0n) is 13.5. The molecule has 6 nitrogen and oxygen atoms in total. The number of imide groups is 1. The number of rotatable bonds is 4. The van der Waals surface area contributed by atoms with Crippen LogP contribution in [0.25, 0.3) is 10.6 Å². The average molecular weight is 363 g/mol. The van der Waals surface area contributed by atoms with Gasteiger partial charge in [-0.15, -0.1) is 11.3 Å². The number of thiazole rings is 1. The molecule has 2 aromatic carbocycles. The molecule has 2 heterocycles. The summed E-state index contributed by atoms with van der Waals surface area (Å²) in [5.41, 5.74) is 1.61. The number of hydrogen-bond acceptors (Lipinski definition) is 5. The lowest BCUT2D eigenvalue weighted by atomic mass is 10.1. The molecule has 3 aromatic rings. The summed E-state index contributed by atoms with van der Waals surface area (Å²) in [5, 5.41) is 5.15. The Balaban J connectivity index is 1.45. The highest BCUT2D eigenvalue weighted by molar-refractivity contribution is 7.13. The van der Waals surface area contributed by atoms with Gasteiger partial charge in [-0.25, -0.2) is 4.98 Å². The molecule has 0 unspecified atom stereocenters. The second-order valence-corrected chi connectivity index (χ2v) is 6.55. The fraction of sp³-hybridized carbons (Fsp3) is 0.0526. The molecule has 1 aliphatic heterocycles. The number of fused-ring (bicyclic) bond motifs is 1. The van der Waals surface area contributed by atoms with Gasteiger partial charge in [0.05, 0.1) is 11.1 Å². The van der Waals surface area contributed by atoms with Gasteiger partial charge in [-0.05, 0) is 12.1 Å². The number of carbonyl (C=O) groups is 3. The van der Waals surface area contributed by atoms with Crippen LogP contribution in [0.4, 0.5) is 5.82 Å². The van der Waals surface area contributed by atoms with E-state index in [2.05, 4.69) is 10.3 Å². The molecule has 3 amide bonds. The fourth-order valence-electron chi connectivity index (χ4n) is 2.75. The van der Waals surface area contributed by atoms with E-state index < -0.39 is 17.7 Å². The summed E-state index contributed by atoms with van der Waals surface area (Å²) in [6, 6.07) is 16.2. The number of nitrogens with zero attached hydrogens (tertiary/aromatic N) is 2. The van der Waals surface area contributed by atoms with Crippen LogP contribution in [-0.4, -0.2) is 34.2 Å². The molecular weight excluding hydrogens is 350 g/mol. The third-order valence-electron chi connectivity index (χ3n) is 3.97. The van der Waals surface area contributed by atoms with E-state index in [0.717, 1.165) is 15.5 Å². The highest BCUT2D eigenvalue weighted by atomic mass is 32.1. The lowest BCUT2D eigenvalue weighted by molar-refractivity contribution is -0.116. The van der Waals surface area contributed by atoms with Crippen molar-refractivity contribution in [2.45, 2.75) is 0 Å².